The summed E-state index contributed by atoms with van der Waals surface area (Å²) < 4.78 is 0. The van der Waals surface area contributed by atoms with Crippen molar-refractivity contribution in [1.29, 1.82) is 0 Å². The Morgan fingerprint density at radius 1 is 1.30 bits per heavy atom. The van der Waals surface area contributed by atoms with Gasteiger partial charge < -0.3 is 4.90 Å². The molecule has 5 heteroatoms. The molecule has 1 aliphatic rings. The van der Waals surface area contributed by atoms with E-state index < -0.39 is 0 Å². The average Bonchev–Trinajstić information content (AvgIpc) is 2.41. The summed E-state index contributed by atoms with van der Waals surface area (Å²) in [6, 6.07) is 9.43. The van der Waals surface area contributed by atoms with Crippen LogP contribution in [0.4, 0.5) is 0 Å². The second-order valence-corrected chi connectivity index (χ2v) is 5.27. The second kappa shape index (κ2) is 5.21. The zero-order valence-corrected chi connectivity index (χ0v) is 11.9. The highest BCUT2D eigenvalue weighted by Gasteiger charge is 2.24. The minimum absolute atomic E-state index is 0.0353. The predicted octanol–water partition coefficient (Wildman–Crippen LogP) is 2.64. The van der Waals surface area contributed by atoms with Crippen molar-refractivity contribution in [1.82, 2.24) is 14.9 Å². The van der Waals surface area contributed by atoms with Crippen LogP contribution in [-0.2, 0) is 13.0 Å². The van der Waals surface area contributed by atoms with E-state index in [0.29, 0.717) is 24.1 Å². The van der Waals surface area contributed by atoms with Crippen molar-refractivity contribution in [2.45, 2.75) is 19.9 Å². The number of halogens is 1. The molecule has 0 unspecified atom stereocenters. The molecular weight excluding hydrogens is 274 g/mol. The number of hydrogen-bond acceptors (Lipinski definition) is 3. The highest BCUT2D eigenvalue weighted by Crippen LogP contribution is 2.20. The molecule has 20 heavy (non-hydrogen) atoms. The fourth-order valence-corrected chi connectivity index (χ4v) is 2.71. The number of carbonyl (C=O) groups excluding carboxylic acids is 1. The fourth-order valence-electron chi connectivity index (χ4n) is 2.46. The molecule has 0 saturated carbocycles. The van der Waals surface area contributed by atoms with Gasteiger partial charge in [-0.3, -0.25) is 4.79 Å². The summed E-state index contributed by atoms with van der Waals surface area (Å²) in [5, 5.41) is 0.414. The lowest BCUT2D eigenvalue weighted by Gasteiger charge is -2.28. The van der Waals surface area contributed by atoms with Crippen LogP contribution in [0.25, 0.3) is 0 Å². The zero-order chi connectivity index (χ0) is 14.1. The van der Waals surface area contributed by atoms with Crippen molar-refractivity contribution < 1.29 is 4.79 Å². The summed E-state index contributed by atoms with van der Waals surface area (Å²) >= 11 is 5.93. The number of amides is 1. The number of benzene rings is 1. The molecule has 2 aromatic rings. The molecule has 0 spiro atoms. The molecule has 0 N–H and O–H groups in total. The Morgan fingerprint density at radius 2 is 2.10 bits per heavy atom. The van der Waals surface area contributed by atoms with Crippen molar-refractivity contribution in [2.24, 2.45) is 0 Å². The summed E-state index contributed by atoms with van der Waals surface area (Å²) in [6.07, 6.45) is 0.863. The van der Waals surface area contributed by atoms with Gasteiger partial charge in [0.2, 0.25) is 0 Å². The van der Waals surface area contributed by atoms with E-state index in [0.717, 1.165) is 23.2 Å². The number of nitrogens with zero attached hydrogens (tertiary/aromatic N) is 3. The Balaban J connectivity index is 1.84. The van der Waals surface area contributed by atoms with E-state index >= 15 is 0 Å². The van der Waals surface area contributed by atoms with E-state index in [1.165, 1.54) is 0 Å². The van der Waals surface area contributed by atoms with Gasteiger partial charge in [0.25, 0.3) is 5.91 Å². The molecular formula is C15H14ClN3O. The maximum Gasteiger partial charge on any atom is 0.254 e. The van der Waals surface area contributed by atoms with Gasteiger partial charge in [0.15, 0.2) is 0 Å². The summed E-state index contributed by atoms with van der Waals surface area (Å²) in [5.74, 6) is 0.621. The van der Waals surface area contributed by atoms with Crippen molar-refractivity contribution in [2.75, 3.05) is 6.54 Å². The number of aryl methyl sites for hydroxylation is 1. The van der Waals surface area contributed by atoms with Gasteiger partial charge in [0.1, 0.15) is 11.0 Å². The molecule has 0 aliphatic carbocycles. The van der Waals surface area contributed by atoms with Crippen LogP contribution in [0.2, 0.25) is 5.15 Å². The fraction of sp³-hybridized carbons (Fsp3) is 0.267. The first kappa shape index (κ1) is 13.1. The Morgan fingerprint density at radius 3 is 2.90 bits per heavy atom. The smallest absolute Gasteiger partial charge is 0.254 e. The van der Waals surface area contributed by atoms with Crippen LogP contribution >= 0.6 is 11.6 Å². The lowest BCUT2D eigenvalue weighted by Crippen LogP contribution is -2.37. The minimum Gasteiger partial charge on any atom is -0.331 e. The van der Waals surface area contributed by atoms with Crippen LogP contribution in [0.5, 0.6) is 0 Å². The molecule has 102 valence electrons. The largest absolute Gasteiger partial charge is 0.331 e. The van der Waals surface area contributed by atoms with Crippen molar-refractivity contribution in [3.05, 3.63) is 58.1 Å². The first-order valence-electron chi connectivity index (χ1n) is 6.51. The van der Waals surface area contributed by atoms with E-state index in [-0.39, 0.29) is 5.91 Å². The molecule has 1 aromatic carbocycles. The Labute approximate surface area is 122 Å². The summed E-state index contributed by atoms with van der Waals surface area (Å²) in [6.45, 7) is 2.95. The third-order valence-corrected chi connectivity index (χ3v) is 3.58. The highest BCUT2D eigenvalue weighted by molar-refractivity contribution is 6.29. The third kappa shape index (κ3) is 2.51. The van der Waals surface area contributed by atoms with Crippen LogP contribution in [0, 0.1) is 6.92 Å². The van der Waals surface area contributed by atoms with E-state index in [2.05, 4.69) is 9.97 Å². The number of fused-ring (bicyclic) bond motifs is 1. The summed E-state index contributed by atoms with van der Waals surface area (Å²) in [4.78, 5) is 22.7. The molecule has 1 aliphatic heterocycles. The van der Waals surface area contributed by atoms with Crippen molar-refractivity contribution in [3.63, 3.8) is 0 Å². The van der Waals surface area contributed by atoms with Gasteiger partial charge in [-0.15, -0.1) is 0 Å². The topological polar surface area (TPSA) is 46.1 Å². The van der Waals surface area contributed by atoms with Crippen LogP contribution in [-0.4, -0.2) is 27.3 Å². The first-order chi connectivity index (χ1) is 9.63. The second-order valence-electron chi connectivity index (χ2n) is 4.88. The molecule has 3 rings (SSSR count). The normalized spacial score (nSPS) is 14.3. The van der Waals surface area contributed by atoms with Gasteiger partial charge in [-0.05, 0) is 31.0 Å². The molecule has 0 radical (unpaired) electrons. The van der Waals surface area contributed by atoms with Crippen molar-refractivity contribution in [3.8, 4) is 0 Å². The van der Waals surface area contributed by atoms with E-state index in [1.807, 2.05) is 31.2 Å². The molecule has 0 fully saturated rings. The molecule has 0 bridgehead atoms. The maximum atomic E-state index is 12.4. The first-order valence-corrected chi connectivity index (χ1v) is 6.88. The Bertz CT molecular complexity index is 652. The quantitative estimate of drug-likeness (QED) is 0.798. The summed E-state index contributed by atoms with van der Waals surface area (Å²) in [7, 11) is 0. The lowest BCUT2D eigenvalue weighted by molar-refractivity contribution is 0.0722. The molecule has 4 nitrogen and oxygen atoms in total. The highest BCUT2D eigenvalue weighted by atomic mass is 35.5. The monoisotopic (exact) mass is 287 g/mol. The molecule has 1 amide bonds. The van der Waals surface area contributed by atoms with Gasteiger partial charge >= 0.3 is 0 Å². The van der Waals surface area contributed by atoms with Crippen molar-refractivity contribution >= 4 is 17.5 Å². The number of aromatic nitrogens is 2. The van der Waals surface area contributed by atoms with Gasteiger partial charge in [-0.1, -0.05) is 29.8 Å². The van der Waals surface area contributed by atoms with Crippen LogP contribution in [0.15, 0.2) is 30.3 Å². The molecule has 0 saturated heterocycles. The standard InChI is InChI=1S/C15H14ClN3O/c1-10-8-13(16)18-14(17-10)9-19-7-6-11-4-2-3-5-12(11)15(19)20/h2-5,8H,6-7,9H2,1H3. The molecule has 2 heterocycles. The Kier molecular flexibility index (Phi) is 3.40. The van der Waals surface area contributed by atoms with Crippen LogP contribution in [0.1, 0.15) is 27.4 Å². The number of rotatable bonds is 2. The van der Waals surface area contributed by atoms with E-state index in [9.17, 15) is 4.79 Å². The number of carbonyl (C=O) groups is 1. The average molecular weight is 288 g/mol. The predicted molar refractivity (Wildman–Crippen MR) is 76.7 cm³/mol. The maximum absolute atomic E-state index is 12.4. The SMILES string of the molecule is Cc1cc(Cl)nc(CN2CCc3ccccc3C2=O)n1. The van der Waals surface area contributed by atoms with Crippen LogP contribution in [0.3, 0.4) is 0 Å². The minimum atomic E-state index is 0.0353. The van der Waals surface area contributed by atoms with E-state index in [4.69, 9.17) is 11.6 Å². The summed E-state index contributed by atoms with van der Waals surface area (Å²) in [5.41, 5.74) is 2.69. The van der Waals surface area contributed by atoms with Gasteiger partial charge in [0.05, 0.1) is 6.54 Å². The zero-order valence-electron chi connectivity index (χ0n) is 11.1. The van der Waals surface area contributed by atoms with Gasteiger partial charge in [0, 0.05) is 17.8 Å². The van der Waals surface area contributed by atoms with Gasteiger partial charge in [-0.2, -0.15) is 0 Å². The lowest BCUT2D eigenvalue weighted by atomic mass is 9.99. The van der Waals surface area contributed by atoms with Crippen LogP contribution < -0.4 is 0 Å². The third-order valence-electron chi connectivity index (χ3n) is 3.39. The number of hydrogen-bond donors (Lipinski definition) is 0. The van der Waals surface area contributed by atoms with Gasteiger partial charge in [-0.25, -0.2) is 9.97 Å². The van der Waals surface area contributed by atoms with E-state index in [1.54, 1.807) is 11.0 Å². The molecule has 1 aromatic heterocycles. The Hall–Kier alpha value is -1.94. The molecule has 0 atom stereocenters.